The average molecular weight is 385 g/mol. The Labute approximate surface area is 158 Å². The quantitative estimate of drug-likeness (QED) is 0.615. The molecule has 0 aliphatic carbocycles. The summed E-state index contributed by atoms with van der Waals surface area (Å²) in [5.74, 6) is -2.75. The van der Waals surface area contributed by atoms with E-state index in [1.54, 1.807) is 0 Å². The Kier molecular flexibility index (Phi) is 4.07. The van der Waals surface area contributed by atoms with Gasteiger partial charge in [-0.2, -0.15) is 0 Å². The molecule has 27 heavy (non-hydrogen) atoms. The Morgan fingerprint density at radius 2 is 1.44 bits per heavy atom. The number of carbonyl (C=O) groups is 2. The van der Waals surface area contributed by atoms with Gasteiger partial charge in [-0.05, 0) is 47.6 Å². The van der Waals surface area contributed by atoms with Gasteiger partial charge < -0.3 is 10.6 Å². The summed E-state index contributed by atoms with van der Waals surface area (Å²) in [7, 11) is 0. The second-order valence-corrected chi connectivity index (χ2v) is 6.79. The van der Waals surface area contributed by atoms with Crippen LogP contribution >= 0.6 is 12.2 Å². The largest absolute Gasteiger partial charge is 0.300 e. The van der Waals surface area contributed by atoms with E-state index in [-0.39, 0.29) is 11.5 Å². The van der Waals surface area contributed by atoms with E-state index in [1.165, 1.54) is 48.5 Å². The molecule has 1 unspecified atom stereocenters. The number of nitrogens with one attached hydrogen (secondary N) is 2. The molecular weight excluding hydrogens is 372 g/mol. The molecule has 1 atom stereocenters. The zero-order valence-corrected chi connectivity index (χ0v) is 14.6. The van der Waals surface area contributed by atoms with Crippen LogP contribution in [-0.4, -0.2) is 28.2 Å². The van der Waals surface area contributed by atoms with Gasteiger partial charge in [0, 0.05) is 18.1 Å². The first-order valence-corrected chi connectivity index (χ1v) is 8.58. The lowest BCUT2D eigenvalue weighted by atomic mass is 9.77. The van der Waals surface area contributed by atoms with Gasteiger partial charge in [-0.1, -0.05) is 24.3 Å². The van der Waals surface area contributed by atoms with Gasteiger partial charge in [0.2, 0.25) is 5.54 Å². The first kappa shape index (κ1) is 17.4. The molecule has 2 N–H and O–H groups in total. The molecular formula is C19H13F2N3O2S. The molecule has 2 aromatic rings. The molecule has 2 aliphatic heterocycles. The molecule has 0 aromatic heterocycles. The lowest BCUT2D eigenvalue weighted by Gasteiger charge is -2.34. The Balaban J connectivity index is 1.84. The lowest BCUT2D eigenvalue weighted by Crippen LogP contribution is -2.66. The molecule has 2 aliphatic rings. The molecule has 136 valence electrons. The summed E-state index contributed by atoms with van der Waals surface area (Å²) in [5.41, 5.74) is -0.0731. The van der Waals surface area contributed by atoms with Gasteiger partial charge in [0.25, 0.3) is 11.8 Å². The smallest absolute Gasteiger partial charge is 0.264 e. The number of thiocarbonyl (C=S) groups is 1. The van der Waals surface area contributed by atoms with Crippen LogP contribution in [0.3, 0.4) is 0 Å². The first-order chi connectivity index (χ1) is 12.9. The standard InChI is InChI=1S/C19H13F2N3O2S/c20-12-5-1-10(2-6-12)14-9-15(11-3-7-13(21)8-4-11)24-19(14)16(25)22-18(27)23-17(19)26/h1-8,14H,9H2,(H2,22,23,25,26,27). The van der Waals surface area contributed by atoms with E-state index < -0.39 is 34.9 Å². The maximum absolute atomic E-state index is 13.4. The molecule has 2 amide bonds. The lowest BCUT2D eigenvalue weighted by molar-refractivity contribution is -0.137. The molecule has 4 rings (SSSR count). The van der Waals surface area contributed by atoms with Crippen molar-refractivity contribution in [3.8, 4) is 0 Å². The van der Waals surface area contributed by atoms with Crippen LogP contribution in [0.1, 0.15) is 23.5 Å². The monoisotopic (exact) mass is 385 g/mol. The fourth-order valence-electron chi connectivity index (χ4n) is 3.51. The van der Waals surface area contributed by atoms with Crippen molar-refractivity contribution in [2.45, 2.75) is 17.9 Å². The Morgan fingerprint density at radius 1 is 0.926 bits per heavy atom. The summed E-state index contributed by atoms with van der Waals surface area (Å²) in [6, 6.07) is 11.2. The van der Waals surface area contributed by atoms with E-state index in [0.29, 0.717) is 16.8 Å². The SMILES string of the molecule is O=C1NC(=S)NC(=O)C12N=C(c1ccc(F)cc1)CC2c1ccc(F)cc1. The minimum atomic E-state index is -1.76. The fraction of sp³-hybridized carbons (Fsp3) is 0.158. The highest BCUT2D eigenvalue weighted by molar-refractivity contribution is 7.80. The molecule has 1 fully saturated rings. The summed E-state index contributed by atoms with van der Waals surface area (Å²) >= 11 is 4.88. The number of aliphatic imine (C=N–C) groups is 1. The molecule has 1 saturated heterocycles. The average Bonchev–Trinajstić information content (AvgIpc) is 3.03. The van der Waals surface area contributed by atoms with Crippen molar-refractivity contribution in [1.82, 2.24) is 10.6 Å². The van der Waals surface area contributed by atoms with E-state index in [2.05, 4.69) is 15.6 Å². The Hall–Kier alpha value is -3.00. The fourth-order valence-corrected chi connectivity index (χ4v) is 3.69. The van der Waals surface area contributed by atoms with E-state index in [9.17, 15) is 18.4 Å². The molecule has 0 bridgehead atoms. The van der Waals surface area contributed by atoms with Crippen molar-refractivity contribution in [3.63, 3.8) is 0 Å². The molecule has 2 heterocycles. The van der Waals surface area contributed by atoms with Gasteiger partial charge in [-0.25, -0.2) is 8.78 Å². The zero-order valence-electron chi connectivity index (χ0n) is 13.8. The van der Waals surface area contributed by atoms with E-state index in [4.69, 9.17) is 12.2 Å². The van der Waals surface area contributed by atoms with Crippen molar-refractivity contribution in [3.05, 3.63) is 71.3 Å². The second kappa shape index (κ2) is 6.31. The number of benzene rings is 2. The first-order valence-electron chi connectivity index (χ1n) is 8.17. The van der Waals surface area contributed by atoms with Crippen LogP contribution < -0.4 is 10.6 Å². The summed E-state index contributed by atoms with van der Waals surface area (Å²) in [5, 5.41) is 4.82. The number of carbonyl (C=O) groups excluding carboxylic acids is 2. The van der Waals surface area contributed by atoms with Crippen LogP contribution in [0.4, 0.5) is 8.78 Å². The summed E-state index contributed by atoms with van der Waals surface area (Å²) in [6.45, 7) is 0. The molecule has 1 spiro atoms. The molecule has 0 saturated carbocycles. The highest BCUT2D eigenvalue weighted by Crippen LogP contribution is 2.43. The normalized spacial score (nSPS) is 21.0. The minimum absolute atomic E-state index is 0.0843. The number of rotatable bonds is 2. The van der Waals surface area contributed by atoms with Gasteiger partial charge in [-0.15, -0.1) is 0 Å². The Morgan fingerprint density at radius 3 is 2.00 bits per heavy atom. The Bertz CT molecular complexity index is 967. The van der Waals surface area contributed by atoms with Gasteiger partial charge >= 0.3 is 0 Å². The zero-order chi connectivity index (χ0) is 19.2. The highest BCUT2D eigenvalue weighted by Gasteiger charge is 2.59. The van der Waals surface area contributed by atoms with Gasteiger partial charge in [0.05, 0.1) is 0 Å². The predicted octanol–water partition coefficient (Wildman–Crippen LogP) is 2.21. The van der Waals surface area contributed by atoms with Crippen LogP contribution in [-0.2, 0) is 9.59 Å². The molecule has 2 aromatic carbocycles. The maximum atomic E-state index is 13.4. The number of hydrogen-bond acceptors (Lipinski definition) is 4. The number of amides is 2. The van der Waals surface area contributed by atoms with E-state index >= 15 is 0 Å². The minimum Gasteiger partial charge on any atom is -0.300 e. The number of nitrogens with zero attached hydrogens (tertiary/aromatic N) is 1. The third-order valence-corrected chi connectivity index (χ3v) is 5.01. The third-order valence-electron chi connectivity index (χ3n) is 4.81. The van der Waals surface area contributed by atoms with Crippen molar-refractivity contribution in [1.29, 1.82) is 0 Å². The summed E-state index contributed by atoms with van der Waals surface area (Å²) in [4.78, 5) is 30.1. The van der Waals surface area contributed by atoms with Gasteiger partial charge in [0.1, 0.15) is 11.6 Å². The molecule has 8 heteroatoms. The topological polar surface area (TPSA) is 70.6 Å². The van der Waals surface area contributed by atoms with Gasteiger partial charge in [0.15, 0.2) is 5.11 Å². The van der Waals surface area contributed by atoms with Crippen LogP contribution in [0, 0.1) is 11.6 Å². The number of hydrogen-bond donors (Lipinski definition) is 2. The van der Waals surface area contributed by atoms with Crippen molar-refractivity contribution >= 4 is 34.9 Å². The van der Waals surface area contributed by atoms with Crippen LogP contribution in [0.2, 0.25) is 0 Å². The second-order valence-electron chi connectivity index (χ2n) is 6.38. The predicted molar refractivity (Wildman–Crippen MR) is 98.3 cm³/mol. The van der Waals surface area contributed by atoms with Crippen molar-refractivity contribution in [2.24, 2.45) is 4.99 Å². The van der Waals surface area contributed by atoms with Crippen LogP contribution in [0.25, 0.3) is 0 Å². The molecule has 5 nitrogen and oxygen atoms in total. The third kappa shape index (κ3) is 2.82. The van der Waals surface area contributed by atoms with Crippen LogP contribution in [0.5, 0.6) is 0 Å². The summed E-state index contributed by atoms with van der Waals surface area (Å²) in [6.07, 6.45) is 0.255. The number of halogens is 2. The van der Waals surface area contributed by atoms with E-state index in [0.717, 1.165) is 0 Å². The van der Waals surface area contributed by atoms with Crippen LogP contribution in [0.15, 0.2) is 53.5 Å². The van der Waals surface area contributed by atoms with Crippen molar-refractivity contribution in [2.75, 3.05) is 0 Å². The molecule has 0 radical (unpaired) electrons. The van der Waals surface area contributed by atoms with Crippen molar-refractivity contribution < 1.29 is 18.4 Å². The maximum Gasteiger partial charge on any atom is 0.264 e. The highest BCUT2D eigenvalue weighted by atomic mass is 32.1. The summed E-state index contributed by atoms with van der Waals surface area (Å²) < 4.78 is 26.6. The van der Waals surface area contributed by atoms with E-state index in [1.807, 2.05) is 0 Å². The van der Waals surface area contributed by atoms with Gasteiger partial charge in [-0.3, -0.25) is 14.6 Å².